The van der Waals surface area contributed by atoms with Crippen LogP contribution >= 0.6 is 23.4 Å². The summed E-state index contributed by atoms with van der Waals surface area (Å²) in [4.78, 5) is 5.31. The number of thioether (sulfide) groups is 1. The highest BCUT2D eigenvalue weighted by Gasteiger charge is 2.40. The number of alkyl halides is 3. The van der Waals surface area contributed by atoms with Crippen LogP contribution in [0.25, 0.3) is 0 Å². The van der Waals surface area contributed by atoms with Crippen molar-refractivity contribution < 1.29 is 23.1 Å². The van der Waals surface area contributed by atoms with E-state index in [-0.39, 0.29) is 17.3 Å². The fourth-order valence-electron chi connectivity index (χ4n) is 2.15. The van der Waals surface area contributed by atoms with Gasteiger partial charge in [-0.15, -0.1) is 0 Å². The van der Waals surface area contributed by atoms with Crippen LogP contribution in [-0.4, -0.2) is 27.5 Å². The number of hydrogen-bond acceptors (Lipinski definition) is 5. The minimum absolute atomic E-state index is 0.106. The third-order valence-electron chi connectivity index (χ3n) is 3.15. The van der Waals surface area contributed by atoms with Crippen LogP contribution in [0.15, 0.2) is 11.1 Å². The van der Waals surface area contributed by atoms with Crippen molar-refractivity contribution in [3.8, 4) is 0 Å². The second-order valence-electron chi connectivity index (χ2n) is 5.59. The summed E-state index contributed by atoms with van der Waals surface area (Å²) in [7, 11) is 0. The fourth-order valence-corrected chi connectivity index (χ4v) is 3.86. The molecule has 0 aromatic carbocycles. The summed E-state index contributed by atoms with van der Waals surface area (Å²) >= 11 is 7.04. The van der Waals surface area contributed by atoms with E-state index in [1.807, 2.05) is 18.9 Å². The van der Waals surface area contributed by atoms with Gasteiger partial charge in [-0.1, -0.05) is 23.4 Å². The lowest BCUT2D eigenvalue weighted by Crippen LogP contribution is -2.20. The standard InChI is InChI=1S/C13H17ClF3N3O2S/c1-12(2)6-8(20-22-12)23-7(4-3-5-21)9-10(13(15,16)17)18-19-11(9)14/h6-7,20-21H,3-5H2,1-2H3,(H,18,19). The van der Waals surface area contributed by atoms with Crippen LogP contribution in [-0.2, 0) is 11.0 Å². The first-order chi connectivity index (χ1) is 10.6. The Morgan fingerprint density at radius 2 is 2.17 bits per heavy atom. The highest BCUT2D eigenvalue weighted by Crippen LogP contribution is 2.46. The van der Waals surface area contributed by atoms with Crippen molar-refractivity contribution in [2.24, 2.45) is 0 Å². The Hall–Kier alpha value is -0.900. The number of nitrogens with one attached hydrogen (secondary N) is 2. The zero-order valence-electron chi connectivity index (χ0n) is 12.5. The number of rotatable bonds is 6. The number of aromatic nitrogens is 2. The van der Waals surface area contributed by atoms with E-state index in [2.05, 4.69) is 10.6 Å². The van der Waals surface area contributed by atoms with Gasteiger partial charge in [0.05, 0.1) is 5.03 Å². The first kappa shape index (κ1) is 18.4. The molecule has 0 radical (unpaired) electrons. The molecule has 10 heteroatoms. The Labute approximate surface area is 140 Å². The number of aliphatic hydroxyl groups excluding tert-OH is 1. The van der Waals surface area contributed by atoms with E-state index >= 15 is 0 Å². The van der Waals surface area contributed by atoms with Crippen LogP contribution in [0.4, 0.5) is 13.2 Å². The van der Waals surface area contributed by atoms with E-state index in [0.717, 1.165) is 0 Å². The lowest BCUT2D eigenvalue weighted by atomic mass is 10.1. The number of aliphatic hydroxyl groups is 1. The Kier molecular flexibility index (Phi) is 5.55. The number of hydrogen-bond donors (Lipinski definition) is 3. The van der Waals surface area contributed by atoms with Gasteiger partial charge < -0.3 is 5.11 Å². The molecule has 0 saturated heterocycles. The third-order valence-corrected chi connectivity index (χ3v) is 4.65. The van der Waals surface area contributed by atoms with Crippen molar-refractivity contribution >= 4 is 23.4 Å². The van der Waals surface area contributed by atoms with E-state index in [0.29, 0.717) is 17.9 Å². The average molecular weight is 372 g/mol. The number of H-pyrrole nitrogens is 1. The molecule has 0 spiro atoms. The SMILES string of the molecule is CC1(C)C=C(SC(CCCO)c2c(Cl)n[nH]c2C(F)(F)F)NO1. The average Bonchev–Trinajstić information content (AvgIpc) is 2.97. The molecule has 1 aromatic rings. The summed E-state index contributed by atoms with van der Waals surface area (Å²) < 4.78 is 39.4. The van der Waals surface area contributed by atoms with Crippen LogP contribution < -0.4 is 5.48 Å². The molecule has 1 atom stereocenters. The van der Waals surface area contributed by atoms with Crippen molar-refractivity contribution in [3.05, 3.63) is 27.5 Å². The monoisotopic (exact) mass is 371 g/mol. The van der Waals surface area contributed by atoms with Crippen LogP contribution in [0.1, 0.15) is 43.2 Å². The summed E-state index contributed by atoms with van der Waals surface area (Å²) in [6, 6.07) is 0. The predicted octanol–water partition coefficient (Wildman–Crippen LogP) is 3.78. The van der Waals surface area contributed by atoms with Gasteiger partial charge in [-0.25, -0.2) is 0 Å². The second kappa shape index (κ2) is 6.92. The molecule has 1 aliphatic heterocycles. The summed E-state index contributed by atoms with van der Waals surface area (Å²) in [5, 5.41) is 14.2. The van der Waals surface area contributed by atoms with Gasteiger partial charge in [0.25, 0.3) is 0 Å². The Morgan fingerprint density at radius 3 is 2.70 bits per heavy atom. The Balaban J connectivity index is 2.31. The lowest BCUT2D eigenvalue weighted by Gasteiger charge is -2.18. The van der Waals surface area contributed by atoms with E-state index in [1.54, 1.807) is 6.08 Å². The van der Waals surface area contributed by atoms with Crippen molar-refractivity contribution in [1.29, 1.82) is 0 Å². The molecule has 1 unspecified atom stereocenters. The molecule has 1 aliphatic rings. The van der Waals surface area contributed by atoms with Crippen LogP contribution in [0.5, 0.6) is 0 Å². The summed E-state index contributed by atoms with van der Waals surface area (Å²) in [6.07, 6.45) is -2.15. The maximum Gasteiger partial charge on any atom is 0.433 e. The lowest BCUT2D eigenvalue weighted by molar-refractivity contribution is -0.141. The highest BCUT2D eigenvalue weighted by molar-refractivity contribution is 8.03. The molecule has 0 bridgehead atoms. The maximum absolute atomic E-state index is 13.1. The van der Waals surface area contributed by atoms with Crippen molar-refractivity contribution in [2.75, 3.05) is 6.61 Å². The number of nitrogens with zero attached hydrogens (tertiary/aromatic N) is 1. The number of halogens is 4. The molecule has 3 N–H and O–H groups in total. The molecule has 0 aliphatic carbocycles. The first-order valence-corrected chi connectivity index (χ1v) is 8.15. The molecular weight excluding hydrogens is 355 g/mol. The van der Waals surface area contributed by atoms with Crippen molar-refractivity contribution in [1.82, 2.24) is 15.7 Å². The van der Waals surface area contributed by atoms with Crippen LogP contribution in [0, 0.1) is 0 Å². The molecule has 0 amide bonds. The van der Waals surface area contributed by atoms with Gasteiger partial charge in [-0.05, 0) is 32.8 Å². The topological polar surface area (TPSA) is 70.2 Å². The highest BCUT2D eigenvalue weighted by atomic mass is 35.5. The van der Waals surface area contributed by atoms with Gasteiger partial charge in [-0.3, -0.25) is 15.4 Å². The minimum atomic E-state index is -4.58. The molecule has 1 aromatic heterocycles. The molecule has 2 rings (SSSR count). The zero-order valence-corrected chi connectivity index (χ0v) is 14.1. The molecule has 130 valence electrons. The first-order valence-electron chi connectivity index (χ1n) is 6.89. The number of aromatic amines is 1. The fraction of sp³-hybridized carbons (Fsp3) is 0.615. The molecule has 0 fully saturated rings. The van der Waals surface area contributed by atoms with E-state index < -0.39 is 22.7 Å². The molecule has 5 nitrogen and oxygen atoms in total. The summed E-state index contributed by atoms with van der Waals surface area (Å²) in [5.41, 5.74) is 1.09. The van der Waals surface area contributed by atoms with Gasteiger partial charge in [-0.2, -0.15) is 18.3 Å². The minimum Gasteiger partial charge on any atom is -0.396 e. The smallest absolute Gasteiger partial charge is 0.396 e. The van der Waals surface area contributed by atoms with Gasteiger partial charge in [0, 0.05) is 17.4 Å². The van der Waals surface area contributed by atoms with E-state index in [9.17, 15) is 13.2 Å². The van der Waals surface area contributed by atoms with Gasteiger partial charge >= 0.3 is 6.18 Å². The molecular formula is C13H17ClF3N3O2S. The second-order valence-corrected chi connectivity index (χ2v) is 7.19. The molecule has 23 heavy (non-hydrogen) atoms. The predicted molar refractivity (Wildman–Crippen MR) is 81.6 cm³/mol. The van der Waals surface area contributed by atoms with Crippen molar-refractivity contribution in [2.45, 2.75) is 43.7 Å². The summed E-state index contributed by atoms with van der Waals surface area (Å²) in [5.74, 6) is 0. The third kappa shape index (κ3) is 4.56. The van der Waals surface area contributed by atoms with Crippen LogP contribution in [0.3, 0.4) is 0 Å². The normalized spacial score (nSPS) is 18.7. The van der Waals surface area contributed by atoms with Gasteiger partial charge in [0.1, 0.15) is 11.3 Å². The molecule has 2 heterocycles. The Bertz CT molecular complexity index is 590. The number of hydroxylamine groups is 1. The zero-order chi connectivity index (χ0) is 17.3. The molecule has 0 saturated carbocycles. The quantitative estimate of drug-likeness (QED) is 0.710. The van der Waals surface area contributed by atoms with E-state index in [1.165, 1.54) is 11.8 Å². The van der Waals surface area contributed by atoms with Crippen molar-refractivity contribution in [3.63, 3.8) is 0 Å². The Morgan fingerprint density at radius 1 is 1.48 bits per heavy atom. The largest absolute Gasteiger partial charge is 0.433 e. The summed E-state index contributed by atoms with van der Waals surface area (Å²) in [6.45, 7) is 3.52. The van der Waals surface area contributed by atoms with Gasteiger partial charge in [0.2, 0.25) is 0 Å². The van der Waals surface area contributed by atoms with Gasteiger partial charge in [0.15, 0.2) is 5.15 Å². The van der Waals surface area contributed by atoms with Crippen LogP contribution in [0.2, 0.25) is 5.15 Å². The maximum atomic E-state index is 13.1. The van der Waals surface area contributed by atoms with E-state index in [4.69, 9.17) is 21.5 Å².